The maximum Gasteiger partial charge on any atom is 0.244 e. The summed E-state index contributed by atoms with van der Waals surface area (Å²) in [6, 6.07) is 11.4. The molecule has 0 aliphatic rings. The Morgan fingerprint density at radius 2 is 2.04 bits per heavy atom. The van der Waals surface area contributed by atoms with Gasteiger partial charge >= 0.3 is 0 Å². The van der Waals surface area contributed by atoms with Crippen LogP contribution in [0.5, 0.6) is 0 Å². The van der Waals surface area contributed by atoms with Crippen LogP contribution in [-0.2, 0) is 4.79 Å². The van der Waals surface area contributed by atoms with Crippen LogP contribution in [0.2, 0.25) is 0 Å². The van der Waals surface area contributed by atoms with E-state index in [0.717, 1.165) is 28.8 Å². The van der Waals surface area contributed by atoms with Gasteiger partial charge in [-0.05, 0) is 42.3 Å². The molecule has 0 saturated carbocycles. The summed E-state index contributed by atoms with van der Waals surface area (Å²) >= 11 is 0. The Morgan fingerprint density at radius 1 is 1.26 bits per heavy atom. The minimum absolute atomic E-state index is 0.142. The number of pyridine rings is 1. The van der Waals surface area contributed by atoms with E-state index in [1.807, 2.05) is 43.3 Å². The number of H-pyrrole nitrogens is 1. The number of para-hydroxylation sites is 2. The third-order valence-corrected chi connectivity index (χ3v) is 3.60. The van der Waals surface area contributed by atoms with E-state index in [4.69, 9.17) is 0 Å². The number of imidazole rings is 1. The van der Waals surface area contributed by atoms with E-state index >= 15 is 0 Å². The van der Waals surface area contributed by atoms with Gasteiger partial charge in [0.25, 0.3) is 0 Å². The van der Waals surface area contributed by atoms with E-state index in [9.17, 15) is 4.79 Å². The predicted octanol–water partition coefficient (Wildman–Crippen LogP) is 3.24. The lowest BCUT2D eigenvalue weighted by atomic mass is 10.2. The molecule has 0 radical (unpaired) electrons. The summed E-state index contributed by atoms with van der Waals surface area (Å²) in [5, 5.41) is 2.98. The van der Waals surface area contributed by atoms with Gasteiger partial charge in [-0.1, -0.05) is 19.1 Å². The minimum atomic E-state index is -0.144. The first-order valence-electron chi connectivity index (χ1n) is 7.59. The normalized spacial score (nSPS) is 12.6. The number of amides is 1. The number of aromatic nitrogens is 3. The highest BCUT2D eigenvalue weighted by Gasteiger charge is 2.15. The Balaban J connectivity index is 1.71. The maximum absolute atomic E-state index is 12.1. The van der Waals surface area contributed by atoms with Crippen LogP contribution >= 0.6 is 0 Å². The van der Waals surface area contributed by atoms with Crippen LogP contribution < -0.4 is 5.32 Å². The number of fused-ring (bicyclic) bond motifs is 1. The maximum atomic E-state index is 12.1. The Labute approximate surface area is 134 Å². The molecule has 0 aliphatic heterocycles. The van der Waals surface area contributed by atoms with Gasteiger partial charge in [0.05, 0.1) is 17.1 Å². The molecule has 2 N–H and O–H groups in total. The molecule has 23 heavy (non-hydrogen) atoms. The van der Waals surface area contributed by atoms with Crippen molar-refractivity contribution in [3.8, 4) is 0 Å². The number of aromatic amines is 1. The average molecular weight is 306 g/mol. The van der Waals surface area contributed by atoms with Crippen molar-refractivity contribution < 1.29 is 4.79 Å². The standard InChI is InChI=1S/C18H18N4O/c1-2-14(18-21-15-5-3-4-6-16(15)22-18)20-17(23)8-7-13-9-11-19-12-10-13/h3-12,14H,2H2,1H3,(H,20,23)(H,21,22)/b8-7-/t14-/m0/s1. The number of rotatable bonds is 5. The fourth-order valence-electron chi connectivity index (χ4n) is 2.37. The summed E-state index contributed by atoms with van der Waals surface area (Å²) in [5.41, 5.74) is 2.82. The third kappa shape index (κ3) is 3.63. The van der Waals surface area contributed by atoms with Crippen molar-refractivity contribution >= 4 is 23.0 Å². The molecule has 2 heterocycles. The van der Waals surface area contributed by atoms with Crippen molar-refractivity contribution in [2.24, 2.45) is 0 Å². The summed E-state index contributed by atoms with van der Waals surface area (Å²) in [7, 11) is 0. The Bertz CT molecular complexity index is 790. The SMILES string of the molecule is CC[C@H](NC(=O)/C=C\c1ccncc1)c1nc2ccccc2[nH]1. The van der Waals surface area contributed by atoms with Crippen LogP contribution in [0.15, 0.2) is 54.9 Å². The van der Waals surface area contributed by atoms with Crippen LogP contribution in [0.3, 0.4) is 0 Å². The lowest BCUT2D eigenvalue weighted by molar-refractivity contribution is -0.117. The fourth-order valence-corrected chi connectivity index (χ4v) is 2.37. The van der Waals surface area contributed by atoms with Gasteiger partial charge in [0, 0.05) is 18.5 Å². The highest BCUT2D eigenvalue weighted by atomic mass is 16.1. The van der Waals surface area contributed by atoms with E-state index < -0.39 is 0 Å². The predicted molar refractivity (Wildman–Crippen MR) is 90.5 cm³/mol. The molecule has 1 atom stereocenters. The van der Waals surface area contributed by atoms with Crippen molar-refractivity contribution in [1.29, 1.82) is 0 Å². The largest absolute Gasteiger partial charge is 0.343 e. The smallest absolute Gasteiger partial charge is 0.244 e. The van der Waals surface area contributed by atoms with E-state index in [1.165, 1.54) is 6.08 Å². The molecular formula is C18H18N4O. The average Bonchev–Trinajstić information content (AvgIpc) is 3.02. The van der Waals surface area contributed by atoms with Crippen molar-refractivity contribution in [2.75, 3.05) is 0 Å². The van der Waals surface area contributed by atoms with Crippen LogP contribution in [0.25, 0.3) is 17.1 Å². The second-order valence-electron chi connectivity index (χ2n) is 5.22. The number of hydrogen-bond donors (Lipinski definition) is 2. The van der Waals surface area contributed by atoms with Gasteiger partial charge in [-0.3, -0.25) is 9.78 Å². The number of carbonyl (C=O) groups excluding carboxylic acids is 1. The third-order valence-electron chi connectivity index (χ3n) is 3.60. The fraction of sp³-hybridized carbons (Fsp3) is 0.167. The Morgan fingerprint density at radius 3 is 2.78 bits per heavy atom. The van der Waals surface area contributed by atoms with Crippen molar-refractivity contribution in [1.82, 2.24) is 20.3 Å². The summed E-state index contributed by atoms with van der Waals surface area (Å²) in [4.78, 5) is 23.9. The highest BCUT2D eigenvalue weighted by Crippen LogP contribution is 2.18. The van der Waals surface area contributed by atoms with E-state index in [-0.39, 0.29) is 11.9 Å². The molecule has 0 spiro atoms. The minimum Gasteiger partial charge on any atom is -0.343 e. The molecule has 0 saturated heterocycles. The molecule has 0 fully saturated rings. The molecule has 5 nitrogen and oxygen atoms in total. The topological polar surface area (TPSA) is 70.7 Å². The first-order valence-corrected chi connectivity index (χ1v) is 7.59. The number of hydrogen-bond acceptors (Lipinski definition) is 3. The number of nitrogens with zero attached hydrogens (tertiary/aromatic N) is 2. The molecule has 116 valence electrons. The molecule has 1 amide bonds. The monoisotopic (exact) mass is 306 g/mol. The van der Waals surface area contributed by atoms with E-state index in [0.29, 0.717) is 0 Å². The van der Waals surface area contributed by atoms with Gasteiger partial charge in [-0.25, -0.2) is 4.98 Å². The lowest BCUT2D eigenvalue weighted by Crippen LogP contribution is -2.27. The molecule has 5 heteroatoms. The zero-order valence-electron chi connectivity index (χ0n) is 12.9. The van der Waals surface area contributed by atoms with Crippen LogP contribution in [0.4, 0.5) is 0 Å². The molecule has 3 aromatic rings. The Kier molecular flexibility index (Phi) is 4.47. The van der Waals surface area contributed by atoms with Gasteiger partial charge in [0.1, 0.15) is 5.82 Å². The molecule has 0 aliphatic carbocycles. The summed E-state index contributed by atoms with van der Waals surface area (Å²) in [6.45, 7) is 2.02. The quantitative estimate of drug-likeness (QED) is 0.711. The number of nitrogens with one attached hydrogen (secondary N) is 2. The number of benzene rings is 1. The highest BCUT2D eigenvalue weighted by molar-refractivity contribution is 5.92. The van der Waals surface area contributed by atoms with Gasteiger partial charge in [-0.2, -0.15) is 0 Å². The molecule has 3 rings (SSSR count). The lowest BCUT2D eigenvalue weighted by Gasteiger charge is -2.12. The van der Waals surface area contributed by atoms with Gasteiger partial charge in [-0.15, -0.1) is 0 Å². The van der Waals surface area contributed by atoms with Crippen LogP contribution in [-0.4, -0.2) is 20.9 Å². The van der Waals surface area contributed by atoms with Crippen LogP contribution in [0.1, 0.15) is 30.8 Å². The first-order chi connectivity index (χ1) is 11.3. The van der Waals surface area contributed by atoms with Gasteiger partial charge in [0.15, 0.2) is 0 Å². The molecular weight excluding hydrogens is 288 g/mol. The van der Waals surface area contributed by atoms with Crippen molar-refractivity contribution in [3.05, 3.63) is 66.3 Å². The summed E-state index contributed by atoms with van der Waals surface area (Å²) in [6.07, 6.45) is 7.44. The van der Waals surface area contributed by atoms with Crippen molar-refractivity contribution in [2.45, 2.75) is 19.4 Å². The zero-order valence-corrected chi connectivity index (χ0v) is 12.9. The van der Waals surface area contributed by atoms with Crippen LogP contribution in [0, 0.1) is 0 Å². The zero-order chi connectivity index (χ0) is 16.1. The van der Waals surface area contributed by atoms with E-state index in [2.05, 4.69) is 20.3 Å². The van der Waals surface area contributed by atoms with E-state index in [1.54, 1.807) is 18.5 Å². The molecule has 0 unspecified atom stereocenters. The van der Waals surface area contributed by atoms with Gasteiger partial charge in [0.2, 0.25) is 5.91 Å². The molecule has 0 bridgehead atoms. The second-order valence-corrected chi connectivity index (χ2v) is 5.22. The second kappa shape index (κ2) is 6.87. The summed E-state index contributed by atoms with van der Waals surface area (Å²) < 4.78 is 0. The molecule has 2 aromatic heterocycles. The first kappa shape index (κ1) is 15.0. The Hall–Kier alpha value is -2.95. The molecule has 1 aromatic carbocycles. The number of carbonyl (C=O) groups is 1. The summed E-state index contributed by atoms with van der Waals surface area (Å²) in [5.74, 6) is 0.633. The van der Waals surface area contributed by atoms with Crippen molar-refractivity contribution in [3.63, 3.8) is 0 Å². The van der Waals surface area contributed by atoms with Gasteiger partial charge < -0.3 is 10.3 Å².